The van der Waals surface area contributed by atoms with Gasteiger partial charge in [-0.25, -0.2) is 4.79 Å². The fourth-order valence-electron chi connectivity index (χ4n) is 1.85. The zero-order valence-corrected chi connectivity index (χ0v) is 11.9. The molecule has 6 heteroatoms. The van der Waals surface area contributed by atoms with Crippen LogP contribution < -0.4 is 5.32 Å². The van der Waals surface area contributed by atoms with Gasteiger partial charge in [0.2, 0.25) is 0 Å². The first-order valence-corrected chi connectivity index (χ1v) is 7.15. The molecule has 1 atom stereocenters. The Balaban J connectivity index is 1.74. The zero-order valence-electron chi connectivity index (χ0n) is 10.3. The van der Waals surface area contributed by atoms with Crippen LogP contribution in [-0.2, 0) is 11.3 Å². The lowest BCUT2D eigenvalue weighted by molar-refractivity contribution is 0.182. The molecule has 1 saturated heterocycles. The number of amides is 2. The van der Waals surface area contributed by atoms with E-state index < -0.39 is 0 Å². The molecule has 0 radical (unpaired) electrons. The predicted molar refractivity (Wildman–Crippen MR) is 73.1 cm³/mol. The minimum atomic E-state index is -0.0496. The topological polar surface area (TPSA) is 41.6 Å². The highest BCUT2D eigenvalue weighted by atomic mass is 35.5. The number of hydrogen-bond donors (Lipinski definition) is 1. The number of hydrogen-bond acceptors (Lipinski definition) is 3. The molecule has 1 aromatic heterocycles. The van der Waals surface area contributed by atoms with Gasteiger partial charge in [-0.2, -0.15) is 0 Å². The number of ether oxygens (including phenoxy) is 1. The van der Waals surface area contributed by atoms with Gasteiger partial charge in [-0.3, -0.25) is 0 Å². The number of thiophene rings is 1. The molecule has 4 nitrogen and oxygen atoms in total. The highest BCUT2D eigenvalue weighted by molar-refractivity contribution is 7.16. The zero-order chi connectivity index (χ0) is 13.0. The third kappa shape index (κ3) is 3.86. The highest BCUT2D eigenvalue weighted by Crippen LogP contribution is 2.22. The summed E-state index contributed by atoms with van der Waals surface area (Å²) in [4.78, 5) is 14.6. The van der Waals surface area contributed by atoms with Crippen LogP contribution in [0.25, 0.3) is 0 Å². The Labute approximate surface area is 116 Å². The second kappa shape index (κ2) is 6.41. The minimum absolute atomic E-state index is 0.0496. The predicted octanol–water partition coefficient (Wildman–Crippen LogP) is 2.58. The fraction of sp³-hybridized carbons (Fsp3) is 0.583. The van der Waals surface area contributed by atoms with Gasteiger partial charge in [0.15, 0.2) is 0 Å². The van der Waals surface area contributed by atoms with Gasteiger partial charge in [-0.05, 0) is 18.6 Å². The Kier molecular flexibility index (Phi) is 4.86. The van der Waals surface area contributed by atoms with E-state index >= 15 is 0 Å². The molecule has 1 N–H and O–H groups in total. The van der Waals surface area contributed by atoms with Crippen molar-refractivity contribution < 1.29 is 9.53 Å². The molecule has 100 valence electrons. The first-order chi connectivity index (χ1) is 8.65. The second-order valence-electron chi connectivity index (χ2n) is 4.48. The van der Waals surface area contributed by atoms with E-state index in [1.54, 1.807) is 11.9 Å². The van der Waals surface area contributed by atoms with Crippen molar-refractivity contribution in [3.63, 3.8) is 0 Å². The molecule has 2 rings (SSSR count). The largest absolute Gasteiger partial charge is 0.381 e. The highest BCUT2D eigenvalue weighted by Gasteiger charge is 2.17. The van der Waals surface area contributed by atoms with E-state index in [0.717, 1.165) is 28.8 Å². The third-order valence-corrected chi connectivity index (χ3v) is 4.15. The second-order valence-corrected chi connectivity index (χ2v) is 6.28. The van der Waals surface area contributed by atoms with Crippen molar-refractivity contribution in [1.29, 1.82) is 0 Å². The van der Waals surface area contributed by atoms with Crippen LogP contribution in [0.4, 0.5) is 4.79 Å². The van der Waals surface area contributed by atoms with Gasteiger partial charge in [-0.15, -0.1) is 11.3 Å². The maximum Gasteiger partial charge on any atom is 0.317 e. The van der Waals surface area contributed by atoms with Crippen LogP contribution >= 0.6 is 22.9 Å². The molecular formula is C12H17ClN2O2S. The molecule has 1 aliphatic heterocycles. The smallest absolute Gasteiger partial charge is 0.317 e. The Hall–Kier alpha value is -0.780. The van der Waals surface area contributed by atoms with Crippen LogP contribution in [-0.4, -0.2) is 37.7 Å². The molecule has 1 aliphatic rings. The molecule has 2 heterocycles. The molecule has 1 aromatic rings. The number of carbonyl (C=O) groups excluding carboxylic acids is 1. The van der Waals surface area contributed by atoms with Crippen LogP contribution in [0.3, 0.4) is 0 Å². The third-order valence-electron chi connectivity index (χ3n) is 2.93. The van der Waals surface area contributed by atoms with E-state index in [1.165, 1.54) is 11.3 Å². The Morgan fingerprint density at radius 3 is 3.11 bits per heavy atom. The summed E-state index contributed by atoms with van der Waals surface area (Å²) in [6.07, 6.45) is 1.03. The summed E-state index contributed by atoms with van der Waals surface area (Å²) >= 11 is 7.36. The Morgan fingerprint density at radius 1 is 1.67 bits per heavy atom. The molecule has 1 fully saturated rings. The quantitative estimate of drug-likeness (QED) is 0.925. The summed E-state index contributed by atoms with van der Waals surface area (Å²) in [6, 6.07) is 3.75. The minimum Gasteiger partial charge on any atom is -0.381 e. The van der Waals surface area contributed by atoms with Crippen LogP contribution in [0.5, 0.6) is 0 Å². The molecule has 0 saturated carbocycles. The van der Waals surface area contributed by atoms with E-state index in [0.29, 0.717) is 19.0 Å². The average molecular weight is 289 g/mol. The van der Waals surface area contributed by atoms with Crippen molar-refractivity contribution in [2.24, 2.45) is 5.92 Å². The summed E-state index contributed by atoms with van der Waals surface area (Å²) < 4.78 is 6.02. The maximum absolute atomic E-state index is 11.9. The van der Waals surface area contributed by atoms with E-state index in [2.05, 4.69) is 5.32 Å². The molecule has 0 aromatic carbocycles. The molecule has 0 unspecified atom stereocenters. The van der Waals surface area contributed by atoms with Crippen molar-refractivity contribution in [2.45, 2.75) is 13.0 Å². The summed E-state index contributed by atoms with van der Waals surface area (Å²) in [6.45, 7) is 2.84. The van der Waals surface area contributed by atoms with Gasteiger partial charge in [0, 0.05) is 31.0 Å². The molecule has 0 aliphatic carbocycles. The van der Waals surface area contributed by atoms with Gasteiger partial charge < -0.3 is 15.0 Å². The van der Waals surface area contributed by atoms with Crippen molar-refractivity contribution in [2.75, 3.05) is 26.8 Å². The van der Waals surface area contributed by atoms with Gasteiger partial charge >= 0.3 is 6.03 Å². The molecule has 0 bridgehead atoms. The van der Waals surface area contributed by atoms with E-state index in [4.69, 9.17) is 16.3 Å². The lowest BCUT2D eigenvalue weighted by Gasteiger charge is -2.18. The maximum atomic E-state index is 11.9. The summed E-state index contributed by atoms with van der Waals surface area (Å²) in [5.41, 5.74) is 0. The normalized spacial score (nSPS) is 18.9. The standard InChI is InChI=1S/C12H17ClN2O2S/c1-15(7-10-2-3-11(13)18-10)12(16)14-6-9-4-5-17-8-9/h2-3,9H,4-8H2,1H3,(H,14,16)/t9-/m0/s1. The molecule has 0 spiro atoms. The van der Waals surface area contributed by atoms with E-state index in [9.17, 15) is 4.79 Å². The number of carbonyl (C=O) groups is 1. The van der Waals surface area contributed by atoms with Gasteiger partial charge in [0.05, 0.1) is 17.5 Å². The average Bonchev–Trinajstić information content (AvgIpc) is 2.97. The number of halogens is 1. The number of urea groups is 1. The van der Waals surface area contributed by atoms with E-state index in [1.807, 2.05) is 12.1 Å². The summed E-state index contributed by atoms with van der Waals surface area (Å²) in [5.74, 6) is 0.457. The first kappa shape index (κ1) is 13.6. The monoisotopic (exact) mass is 288 g/mol. The van der Waals surface area contributed by atoms with E-state index in [-0.39, 0.29) is 6.03 Å². The summed E-state index contributed by atoms with van der Waals surface area (Å²) in [7, 11) is 1.79. The number of rotatable bonds is 4. The van der Waals surface area contributed by atoms with Crippen molar-refractivity contribution >= 4 is 29.0 Å². The van der Waals surface area contributed by atoms with Crippen molar-refractivity contribution in [3.05, 3.63) is 21.3 Å². The lowest BCUT2D eigenvalue weighted by atomic mass is 10.1. The van der Waals surface area contributed by atoms with Crippen LogP contribution in [0.2, 0.25) is 4.34 Å². The first-order valence-electron chi connectivity index (χ1n) is 5.96. The van der Waals surface area contributed by atoms with Crippen LogP contribution in [0.15, 0.2) is 12.1 Å². The van der Waals surface area contributed by atoms with Gasteiger partial charge in [0.25, 0.3) is 0 Å². The van der Waals surface area contributed by atoms with Gasteiger partial charge in [-0.1, -0.05) is 11.6 Å². The van der Waals surface area contributed by atoms with Crippen molar-refractivity contribution in [1.82, 2.24) is 10.2 Å². The Morgan fingerprint density at radius 2 is 2.50 bits per heavy atom. The number of nitrogens with one attached hydrogen (secondary N) is 1. The summed E-state index contributed by atoms with van der Waals surface area (Å²) in [5, 5.41) is 2.93. The SMILES string of the molecule is CN(Cc1ccc(Cl)s1)C(=O)NC[C@@H]1CCOC1. The lowest BCUT2D eigenvalue weighted by Crippen LogP contribution is -2.39. The van der Waals surface area contributed by atoms with Gasteiger partial charge in [0.1, 0.15) is 0 Å². The molecule has 18 heavy (non-hydrogen) atoms. The van der Waals surface area contributed by atoms with Crippen LogP contribution in [0.1, 0.15) is 11.3 Å². The molecular weight excluding hydrogens is 272 g/mol. The van der Waals surface area contributed by atoms with Crippen LogP contribution in [0, 0.1) is 5.92 Å². The number of nitrogens with zero attached hydrogens (tertiary/aromatic N) is 1. The fourth-order valence-corrected chi connectivity index (χ4v) is 2.99. The molecule has 2 amide bonds. The van der Waals surface area contributed by atoms with Crippen molar-refractivity contribution in [3.8, 4) is 0 Å². The Bertz CT molecular complexity index is 405.